The molecule has 3 aromatic rings. The standard InChI is InChI=1S/C21H25N7/c1-15-5-6-18(13-16(15)2)25-19-14-17(3)24-21(26-19)28-11-9-27(10-12-28)20-22-7-4-8-23-20/h4-8,13-14H,9-12H2,1-3H3,(H,24,25,26). The molecule has 0 amide bonds. The van der Waals surface area contributed by atoms with E-state index in [1.807, 2.05) is 19.1 Å². The van der Waals surface area contributed by atoms with Gasteiger partial charge in [-0.05, 0) is 50.1 Å². The SMILES string of the molecule is Cc1cc(Nc2ccc(C)c(C)c2)nc(N2CCN(c3ncccn3)CC2)n1. The molecule has 1 saturated heterocycles. The summed E-state index contributed by atoms with van der Waals surface area (Å²) in [7, 11) is 0. The maximum atomic E-state index is 4.76. The van der Waals surface area contributed by atoms with E-state index >= 15 is 0 Å². The van der Waals surface area contributed by atoms with Crippen molar-refractivity contribution in [1.82, 2.24) is 19.9 Å². The minimum absolute atomic E-state index is 0.764. The summed E-state index contributed by atoms with van der Waals surface area (Å²) in [5.74, 6) is 2.36. The number of aryl methyl sites for hydroxylation is 3. The average Bonchev–Trinajstić information content (AvgIpc) is 2.71. The molecule has 1 aliphatic heterocycles. The Hall–Kier alpha value is -3.22. The smallest absolute Gasteiger partial charge is 0.227 e. The topological polar surface area (TPSA) is 70.1 Å². The van der Waals surface area contributed by atoms with E-state index in [1.54, 1.807) is 12.4 Å². The highest BCUT2D eigenvalue weighted by molar-refractivity contribution is 5.59. The fourth-order valence-corrected chi connectivity index (χ4v) is 3.29. The molecule has 28 heavy (non-hydrogen) atoms. The first-order valence-corrected chi connectivity index (χ1v) is 9.55. The van der Waals surface area contributed by atoms with E-state index in [0.717, 1.165) is 55.3 Å². The second-order valence-corrected chi connectivity index (χ2v) is 7.14. The maximum Gasteiger partial charge on any atom is 0.227 e. The highest BCUT2D eigenvalue weighted by Crippen LogP contribution is 2.22. The van der Waals surface area contributed by atoms with Gasteiger partial charge in [0.2, 0.25) is 11.9 Å². The van der Waals surface area contributed by atoms with E-state index in [2.05, 4.69) is 62.1 Å². The molecule has 0 aliphatic carbocycles. The van der Waals surface area contributed by atoms with Gasteiger partial charge in [0, 0.05) is 56.0 Å². The van der Waals surface area contributed by atoms with E-state index in [4.69, 9.17) is 4.98 Å². The lowest BCUT2D eigenvalue weighted by Gasteiger charge is -2.34. The number of aromatic nitrogens is 4. The van der Waals surface area contributed by atoms with Gasteiger partial charge in [-0.1, -0.05) is 6.07 Å². The van der Waals surface area contributed by atoms with Crippen molar-refractivity contribution >= 4 is 23.4 Å². The minimum atomic E-state index is 0.764. The largest absolute Gasteiger partial charge is 0.340 e. The number of rotatable bonds is 4. The molecular weight excluding hydrogens is 350 g/mol. The highest BCUT2D eigenvalue weighted by atomic mass is 15.4. The Morgan fingerprint density at radius 1 is 0.786 bits per heavy atom. The molecule has 0 bridgehead atoms. The van der Waals surface area contributed by atoms with Crippen LogP contribution >= 0.6 is 0 Å². The second kappa shape index (κ2) is 7.80. The van der Waals surface area contributed by atoms with Crippen LogP contribution in [0.15, 0.2) is 42.7 Å². The predicted octanol–water partition coefficient (Wildman–Crippen LogP) is 3.26. The van der Waals surface area contributed by atoms with Crippen LogP contribution in [0.25, 0.3) is 0 Å². The first-order valence-electron chi connectivity index (χ1n) is 9.55. The van der Waals surface area contributed by atoms with Crippen molar-refractivity contribution < 1.29 is 0 Å². The quantitative estimate of drug-likeness (QED) is 0.750. The average molecular weight is 375 g/mol. The van der Waals surface area contributed by atoms with Crippen LogP contribution in [0, 0.1) is 20.8 Å². The van der Waals surface area contributed by atoms with Crippen molar-refractivity contribution in [3.8, 4) is 0 Å². The summed E-state index contributed by atoms with van der Waals surface area (Å²) < 4.78 is 0. The normalized spacial score (nSPS) is 14.2. The van der Waals surface area contributed by atoms with E-state index in [-0.39, 0.29) is 0 Å². The molecule has 1 aliphatic rings. The third kappa shape index (κ3) is 4.03. The van der Waals surface area contributed by atoms with Gasteiger partial charge < -0.3 is 15.1 Å². The first kappa shape index (κ1) is 18.2. The maximum absolute atomic E-state index is 4.76. The first-order chi connectivity index (χ1) is 13.6. The molecule has 1 fully saturated rings. The number of hydrogen-bond donors (Lipinski definition) is 1. The molecule has 0 atom stereocenters. The minimum Gasteiger partial charge on any atom is -0.340 e. The van der Waals surface area contributed by atoms with Crippen LogP contribution < -0.4 is 15.1 Å². The van der Waals surface area contributed by atoms with Crippen molar-refractivity contribution in [1.29, 1.82) is 0 Å². The molecule has 1 N–H and O–H groups in total. The van der Waals surface area contributed by atoms with Crippen molar-refractivity contribution in [2.75, 3.05) is 41.3 Å². The van der Waals surface area contributed by atoms with Gasteiger partial charge in [-0.2, -0.15) is 4.98 Å². The predicted molar refractivity (Wildman–Crippen MR) is 112 cm³/mol. The molecular formula is C21H25N7. The fourth-order valence-electron chi connectivity index (χ4n) is 3.29. The third-order valence-corrected chi connectivity index (χ3v) is 5.02. The van der Waals surface area contributed by atoms with Crippen LogP contribution in [0.5, 0.6) is 0 Å². The van der Waals surface area contributed by atoms with E-state index in [0.29, 0.717) is 0 Å². The molecule has 0 unspecified atom stereocenters. The summed E-state index contributed by atoms with van der Waals surface area (Å²) in [6, 6.07) is 10.2. The van der Waals surface area contributed by atoms with Crippen LogP contribution in [-0.4, -0.2) is 46.1 Å². The lowest BCUT2D eigenvalue weighted by Crippen LogP contribution is -2.47. The Kier molecular flexibility index (Phi) is 5.06. The van der Waals surface area contributed by atoms with Gasteiger partial charge in [0.1, 0.15) is 5.82 Å². The number of piperazine rings is 1. The molecule has 2 aromatic heterocycles. The summed E-state index contributed by atoms with van der Waals surface area (Å²) >= 11 is 0. The highest BCUT2D eigenvalue weighted by Gasteiger charge is 2.21. The van der Waals surface area contributed by atoms with Gasteiger partial charge in [-0.15, -0.1) is 0 Å². The Morgan fingerprint density at radius 2 is 1.46 bits per heavy atom. The zero-order valence-corrected chi connectivity index (χ0v) is 16.6. The van der Waals surface area contributed by atoms with Gasteiger partial charge in [-0.3, -0.25) is 0 Å². The van der Waals surface area contributed by atoms with Crippen molar-refractivity contribution in [2.45, 2.75) is 20.8 Å². The monoisotopic (exact) mass is 375 g/mol. The van der Waals surface area contributed by atoms with Gasteiger partial charge in [0.25, 0.3) is 0 Å². The number of benzene rings is 1. The molecule has 0 spiro atoms. The summed E-state index contributed by atoms with van der Waals surface area (Å²) in [4.78, 5) is 22.5. The lowest BCUT2D eigenvalue weighted by molar-refractivity contribution is 0.627. The Bertz CT molecular complexity index is 950. The number of nitrogens with one attached hydrogen (secondary N) is 1. The number of nitrogens with zero attached hydrogens (tertiary/aromatic N) is 6. The van der Waals surface area contributed by atoms with Crippen molar-refractivity contribution in [3.63, 3.8) is 0 Å². The van der Waals surface area contributed by atoms with Gasteiger partial charge in [0.15, 0.2) is 0 Å². The van der Waals surface area contributed by atoms with E-state index in [1.165, 1.54) is 11.1 Å². The molecule has 144 valence electrons. The fraction of sp³-hybridized carbons (Fsp3) is 0.333. The molecule has 4 rings (SSSR count). The Balaban J connectivity index is 1.47. The number of anilines is 4. The van der Waals surface area contributed by atoms with Gasteiger partial charge in [0.05, 0.1) is 0 Å². The molecule has 0 radical (unpaired) electrons. The van der Waals surface area contributed by atoms with Gasteiger partial charge in [-0.25, -0.2) is 15.0 Å². The van der Waals surface area contributed by atoms with Crippen LogP contribution in [0.2, 0.25) is 0 Å². The van der Waals surface area contributed by atoms with E-state index in [9.17, 15) is 0 Å². The van der Waals surface area contributed by atoms with Crippen LogP contribution in [-0.2, 0) is 0 Å². The molecule has 1 aromatic carbocycles. The lowest BCUT2D eigenvalue weighted by atomic mass is 10.1. The molecule has 7 nitrogen and oxygen atoms in total. The van der Waals surface area contributed by atoms with Crippen molar-refractivity contribution in [3.05, 3.63) is 59.5 Å². The van der Waals surface area contributed by atoms with Crippen LogP contribution in [0.4, 0.5) is 23.4 Å². The summed E-state index contributed by atoms with van der Waals surface area (Å²) in [6.45, 7) is 9.61. The molecule has 3 heterocycles. The van der Waals surface area contributed by atoms with Gasteiger partial charge >= 0.3 is 0 Å². The van der Waals surface area contributed by atoms with Crippen LogP contribution in [0.1, 0.15) is 16.8 Å². The zero-order chi connectivity index (χ0) is 19.5. The summed E-state index contributed by atoms with van der Waals surface area (Å²) in [6.07, 6.45) is 3.56. The Morgan fingerprint density at radius 3 is 2.14 bits per heavy atom. The second-order valence-electron chi connectivity index (χ2n) is 7.14. The molecule has 0 saturated carbocycles. The summed E-state index contributed by atoms with van der Waals surface area (Å²) in [5, 5.41) is 3.42. The van der Waals surface area contributed by atoms with Crippen molar-refractivity contribution in [2.24, 2.45) is 0 Å². The number of hydrogen-bond acceptors (Lipinski definition) is 7. The third-order valence-electron chi connectivity index (χ3n) is 5.02. The molecule has 7 heteroatoms. The Labute approximate surface area is 165 Å². The van der Waals surface area contributed by atoms with E-state index < -0.39 is 0 Å². The summed E-state index contributed by atoms with van der Waals surface area (Å²) in [5.41, 5.74) is 4.53. The zero-order valence-electron chi connectivity index (χ0n) is 16.6. The van der Waals surface area contributed by atoms with Crippen LogP contribution in [0.3, 0.4) is 0 Å².